The lowest BCUT2D eigenvalue weighted by Gasteiger charge is -2.11. The number of aromatic amines is 1. The normalized spacial score (nSPS) is 11.2. The van der Waals surface area contributed by atoms with Gasteiger partial charge in [-0.3, -0.25) is 4.99 Å². The van der Waals surface area contributed by atoms with Crippen molar-refractivity contribution in [2.45, 2.75) is 33.1 Å². The van der Waals surface area contributed by atoms with Crippen LogP contribution in [-0.4, -0.2) is 42.1 Å². The van der Waals surface area contributed by atoms with Crippen LogP contribution in [0.5, 0.6) is 0 Å². The van der Waals surface area contributed by atoms with Crippen molar-refractivity contribution in [2.24, 2.45) is 4.99 Å². The zero-order valence-electron chi connectivity index (χ0n) is 17.9. The highest BCUT2D eigenvalue weighted by Gasteiger charge is 2.04. The predicted molar refractivity (Wildman–Crippen MR) is 138 cm³/mol. The number of halogens is 1. The van der Waals surface area contributed by atoms with Gasteiger partial charge in [-0.05, 0) is 62.4 Å². The molecule has 0 radical (unpaired) electrons. The van der Waals surface area contributed by atoms with Crippen molar-refractivity contribution >= 4 is 46.7 Å². The molecule has 0 saturated heterocycles. The number of nitrogens with zero attached hydrogens (tertiary/aromatic N) is 2. The van der Waals surface area contributed by atoms with E-state index in [0.717, 1.165) is 57.2 Å². The minimum atomic E-state index is 0. The maximum Gasteiger partial charge on any atom is 0.191 e. The van der Waals surface area contributed by atoms with E-state index in [1.165, 1.54) is 22.0 Å². The van der Waals surface area contributed by atoms with Gasteiger partial charge in [0, 0.05) is 49.5 Å². The van der Waals surface area contributed by atoms with E-state index in [2.05, 4.69) is 64.2 Å². The Hall–Kier alpha value is -2.29. The molecule has 2 aromatic heterocycles. The minimum Gasteiger partial charge on any atom is -0.370 e. The van der Waals surface area contributed by atoms with Crippen molar-refractivity contribution in [3.05, 3.63) is 59.9 Å². The number of pyridine rings is 1. The molecular formula is C23H33IN6. The van der Waals surface area contributed by atoms with E-state index in [-0.39, 0.29) is 24.0 Å². The summed E-state index contributed by atoms with van der Waals surface area (Å²) in [7, 11) is 0. The molecule has 0 aliphatic rings. The lowest BCUT2D eigenvalue weighted by atomic mass is 10.1. The van der Waals surface area contributed by atoms with Crippen LogP contribution in [0.1, 0.15) is 30.9 Å². The monoisotopic (exact) mass is 520 g/mol. The molecule has 3 aromatic rings. The number of aryl methyl sites for hydroxylation is 1. The lowest BCUT2D eigenvalue weighted by molar-refractivity contribution is 0.750. The first-order valence-corrected chi connectivity index (χ1v) is 10.5. The fourth-order valence-corrected chi connectivity index (χ4v) is 3.28. The van der Waals surface area contributed by atoms with Crippen molar-refractivity contribution < 1.29 is 0 Å². The Bertz CT molecular complexity index is 906. The molecule has 30 heavy (non-hydrogen) atoms. The van der Waals surface area contributed by atoms with Gasteiger partial charge in [0.1, 0.15) is 5.82 Å². The predicted octanol–water partition coefficient (Wildman–Crippen LogP) is 4.48. The second kappa shape index (κ2) is 13.1. The van der Waals surface area contributed by atoms with Gasteiger partial charge in [0.2, 0.25) is 0 Å². The van der Waals surface area contributed by atoms with Gasteiger partial charge in [0.05, 0.1) is 0 Å². The number of hydrogen-bond acceptors (Lipinski definition) is 3. The Morgan fingerprint density at radius 3 is 2.80 bits per heavy atom. The molecular weight excluding hydrogens is 487 g/mol. The SMILES string of the molecule is CCNC(=NCCCCNc1ccccn1)NCCc1c[nH]c2cc(C)ccc12.I. The van der Waals surface area contributed by atoms with E-state index < -0.39 is 0 Å². The summed E-state index contributed by atoms with van der Waals surface area (Å²) >= 11 is 0. The molecule has 3 rings (SSSR count). The number of benzene rings is 1. The maximum absolute atomic E-state index is 4.69. The Balaban J connectivity index is 0.00000320. The van der Waals surface area contributed by atoms with E-state index in [1.54, 1.807) is 6.20 Å². The highest BCUT2D eigenvalue weighted by molar-refractivity contribution is 14.0. The molecule has 0 unspecified atom stereocenters. The third kappa shape index (κ3) is 7.51. The molecule has 0 aliphatic carbocycles. The summed E-state index contributed by atoms with van der Waals surface area (Å²) in [6.45, 7) is 7.65. The Morgan fingerprint density at radius 1 is 1.10 bits per heavy atom. The summed E-state index contributed by atoms with van der Waals surface area (Å²) in [4.78, 5) is 12.3. The second-order valence-electron chi connectivity index (χ2n) is 7.15. The van der Waals surface area contributed by atoms with Crippen molar-refractivity contribution in [2.75, 3.05) is 31.5 Å². The number of aliphatic imine (C=N–C) groups is 1. The Kier molecular flexibility index (Phi) is 10.5. The van der Waals surface area contributed by atoms with Crippen molar-refractivity contribution in [1.29, 1.82) is 0 Å². The molecule has 6 nitrogen and oxygen atoms in total. The number of hydrogen-bond donors (Lipinski definition) is 4. The number of unbranched alkanes of at least 4 members (excludes halogenated alkanes) is 1. The van der Waals surface area contributed by atoms with Gasteiger partial charge in [0.15, 0.2) is 5.96 Å². The molecule has 1 aromatic carbocycles. The first kappa shape index (κ1) is 24.0. The lowest BCUT2D eigenvalue weighted by Crippen LogP contribution is -2.38. The molecule has 2 heterocycles. The number of nitrogens with one attached hydrogen (secondary N) is 4. The van der Waals surface area contributed by atoms with E-state index in [9.17, 15) is 0 Å². The van der Waals surface area contributed by atoms with Gasteiger partial charge >= 0.3 is 0 Å². The summed E-state index contributed by atoms with van der Waals surface area (Å²) < 4.78 is 0. The number of guanidine groups is 1. The minimum absolute atomic E-state index is 0. The number of rotatable bonds is 10. The zero-order chi connectivity index (χ0) is 20.3. The van der Waals surface area contributed by atoms with E-state index in [0.29, 0.717) is 0 Å². The second-order valence-corrected chi connectivity index (χ2v) is 7.15. The van der Waals surface area contributed by atoms with Crippen LogP contribution in [0.25, 0.3) is 10.9 Å². The van der Waals surface area contributed by atoms with Crippen LogP contribution in [0.2, 0.25) is 0 Å². The van der Waals surface area contributed by atoms with Gasteiger partial charge < -0.3 is 20.9 Å². The van der Waals surface area contributed by atoms with Crippen LogP contribution in [0.3, 0.4) is 0 Å². The summed E-state index contributed by atoms with van der Waals surface area (Å²) in [5.74, 6) is 1.82. The highest BCUT2D eigenvalue weighted by atomic mass is 127. The van der Waals surface area contributed by atoms with Crippen LogP contribution in [0.15, 0.2) is 53.8 Å². The highest BCUT2D eigenvalue weighted by Crippen LogP contribution is 2.19. The summed E-state index contributed by atoms with van der Waals surface area (Å²) in [5.41, 5.74) is 3.82. The first-order valence-electron chi connectivity index (χ1n) is 10.5. The summed E-state index contributed by atoms with van der Waals surface area (Å²) in [6, 6.07) is 12.5. The van der Waals surface area contributed by atoms with Crippen LogP contribution in [0.4, 0.5) is 5.82 Å². The smallest absolute Gasteiger partial charge is 0.191 e. The summed E-state index contributed by atoms with van der Waals surface area (Å²) in [5, 5.41) is 11.4. The van der Waals surface area contributed by atoms with Crippen LogP contribution < -0.4 is 16.0 Å². The van der Waals surface area contributed by atoms with E-state index in [1.807, 2.05) is 18.2 Å². The number of anilines is 1. The van der Waals surface area contributed by atoms with Gasteiger partial charge in [-0.25, -0.2) is 4.98 Å². The molecule has 0 saturated carbocycles. The molecule has 0 atom stereocenters. The summed E-state index contributed by atoms with van der Waals surface area (Å²) in [6.07, 6.45) is 6.98. The van der Waals surface area contributed by atoms with Crippen molar-refractivity contribution in [3.63, 3.8) is 0 Å². The average Bonchev–Trinajstić information content (AvgIpc) is 3.13. The van der Waals surface area contributed by atoms with Crippen molar-refractivity contribution in [1.82, 2.24) is 20.6 Å². The van der Waals surface area contributed by atoms with Gasteiger partial charge in [-0.1, -0.05) is 18.2 Å². The average molecular weight is 520 g/mol. The van der Waals surface area contributed by atoms with Gasteiger partial charge in [0.25, 0.3) is 0 Å². The maximum atomic E-state index is 4.69. The van der Waals surface area contributed by atoms with E-state index >= 15 is 0 Å². The first-order chi connectivity index (χ1) is 14.3. The molecule has 162 valence electrons. The molecule has 4 N–H and O–H groups in total. The van der Waals surface area contributed by atoms with Gasteiger partial charge in [-0.15, -0.1) is 24.0 Å². The molecule has 0 bridgehead atoms. The fraction of sp³-hybridized carbons (Fsp3) is 0.391. The van der Waals surface area contributed by atoms with Crippen LogP contribution in [-0.2, 0) is 6.42 Å². The Labute approximate surface area is 196 Å². The number of aromatic nitrogens is 2. The number of H-pyrrole nitrogens is 1. The van der Waals surface area contributed by atoms with Crippen LogP contribution >= 0.6 is 24.0 Å². The molecule has 7 heteroatoms. The van der Waals surface area contributed by atoms with E-state index in [4.69, 9.17) is 4.99 Å². The third-order valence-electron chi connectivity index (χ3n) is 4.78. The molecule has 0 fully saturated rings. The van der Waals surface area contributed by atoms with Crippen LogP contribution in [0, 0.1) is 6.92 Å². The molecule has 0 spiro atoms. The third-order valence-corrected chi connectivity index (χ3v) is 4.78. The molecule has 0 amide bonds. The number of fused-ring (bicyclic) bond motifs is 1. The standard InChI is InChI=1S/C23H32N6.HI/c1-3-24-23(27-14-7-6-13-26-22-8-4-5-12-25-22)28-15-11-19-17-29-21-16-18(2)9-10-20(19)21;/h4-5,8-10,12,16-17,29H,3,6-7,11,13-15H2,1-2H3,(H,25,26)(H2,24,27,28);1H. The zero-order valence-corrected chi connectivity index (χ0v) is 20.2. The van der Waals surface area contributed by atoms with Gasteiger partial charge in [-0.2, -0.15) is 0 Å². The van der Waals surface area contributed by atoms with Crippen molar-refractivity contribution in [3.8, 4) is 0 Å². The quantitative estimate of drug-likeness (QED) is 0.138. The largest absolute Gasteiger partial charge is 0.370 e. The molecule has 0 aliphatic heterocycles. The topological polar surface area (TPSA) is 77.1 Å². The fourth-order valence-electron chi connectivity index (χ4n) is 3.28. The Morgan fingerprint density at radius 2 is 2.00 bits per heavy atom.